The van der Waals surface area contributed by atoms with Gasteiger partial charge in [-0.1, -0.05) is 25.4 Å². The Kier molecular flexibility index (Phi) is 7.25. The molecule has 8 nitrogen and oxygen atoms in total. The van der Waals surface area contributed by atoms with Crippen molar-refractivity contribution >= 4 is 15.9 Å². The highest BCUT2D eigenvalue weighted by Crippen LogP contribution is 2.25. The quantitative estimate of drug-likeness (QED) is 0.640. The molecule has 0 aliphatic carbocycles. The molecule has 164 valence electrons. The maximum Gasteiger partial charge on any atom is 0.251 e. The van der Waals surface area contributed by atoms with Crippen molar-refractivity contribution < 1.29 is 17.7 Å². The molecular weight excluding hydrogens is 404 g/mol. The fourth-order valence-corrected chi connectivity index (χ4v) is 5.19. The van der Waals surface area contributed by atoms with E-state index in [0.29, 0.717) is 43.2 Å². The number of nitrogens with zero attached hydrogens (tertiary/aromatic N) is 3. The van der Waals surface area contributed by atoms with Crippen LogP contribution in [0.15, 0.2) is 33.7 Å². The van der Waals surface area contributed by atoms with Gasteiger partial charge in [-0.05, 0) is 50.5 Å². The van der Waals surface area contributed by atoms with Gasteiger partial charge in [0.05, 0.1) is 4.90 Å². The molecule has 3 rings (SSSR count). The van der Waals surface area contributed by atoms with Gasteiger partial charge in [-0.3, -0.25) is 4.79 Å². The number of aromatic nitrogens is 2. The molecule has 1 aromatic carbocycles. The Morgan fingerprint density at radius 3 is 2.63 bits per heavy atom. The maximum absolute atomic E-state index is 12.9. The lowest BCUT2D eigenvalue weighted by molar-refractivity contribution is 0.0952. The average molecular weight is 435 g/mol. The van der Waals surface area contributed by atoms with Gasteiger partial charge in [0.25, 0.3) is 5.91 Å². The molecule has 1 aliphatic heterocycles. The number of sulfonamides is 1. The van der Waals surface area contributed by atoms with Crippen LogP contribution in [0.1, 0.15) is 74.4 Å². The van der Waals surface area contributed by atoms with E-state index in [-0.39, 0.29) is 22.8 Å². The zero-order valence-corrected chi connectivity index (χ0v) is 18.6. The number of rotatable bonds is 8. The van der Waals surface area contributed by atoms with Crippen molar-refractivity contribution in [2.75, 3.05) is 13.1 Å². The van der Waals surface area contributed by atoms with E-state index in [9.17, 15) is 13.2 Å². The summed E-state index contributed by atoms with van der Waals surface area (Å²) in [6, 6.07) is 6.14. The van der Waals surface area contributed by atoms with Crippen molar-refractivity contribution in [1.29, 1.82) is 0 Å². The number of nitrogens with one attached hydrogen (secondary N) is 1. The van der Waals surface area contributed by atoms with Crippen molar-refractivity contribution in [3.8, 4) is 0 Å². The lowest BCUT2D eigenvalue weighted by atomic mass is 10.1. The van der Waals surface area contributed by atoms with Crippen molar-refractivity contribution in [3.63, 3.8) is 0 Å². The van der Waals surface area contributed by atoms with E-state index in [2.05, 4.69) is 15.5 Å². The molecule has 30 heavy (non-hydrogen) atoms. The molecule has 1 atom stereocenters. The zero-order valence-electron chi connectivity index (χ0n) is 17.8. The van der Waals surface area contributed by atoms with E-state index in [1.54, 1.807) is 16.4 Å². The topological polar surface area (TPSA) is 105 Å². The summed E-state index contributed by atoms with van der Waals surface area (Å²) in [5.74, 6) is 1.23. The highest BCUT2D eigenvalue weighted by Gasteiger charge is 2.30. The molecular formula is C21H30N4O4S. The number of benzene rings is 1. The minimum atomic E-state index is -3.53. The molecule has 1 aliphatic rings. The second-order valence-electron chi connectivity index (χ2n) is 8.05. The third-order valence-corrected chi connectivity index (χ3v) is 7.35. The summed E-state index contributed by atoms with van der Waals surface area (Å²) in [4.78, 5) is 16.9. The highest BCUT2D eigenvalue weighted by atomic mass is 32.2. The first-order valence-electron chi connectivity index (χ1n) is 10.5. The first kappa shape index (κ1) is 22.4. The van der Waals surface area contributed by atoms with Crippen LogP contribution in [0.3, 0.4) is 0 Å². The van der Waals surface area contributed by atoms with Crippen LogP contribution in [0.4, 0.5) is 0 Å². The lowest BCUT2D eigenvalue weighted by Gasteiger charge is -2.32. The fraction of sp³-hybridized carbons (Fsp3) is 0.571. The van der Waals surface area contributed by atoms with Crippen LogP contribution in [-0.4, -0.2) is 47.9 Å². The number of aryl methyl sites for hydroxylation is 1. The van der Waals surface area contributed by atoms with Gasteiger partial charge in [0.15, 0.2) is 5.82 Å². The monoisotopic (exact) mass is 434 g/mol. The van der Waals surface area contributed by atoms with E-state index >= 15 is 0 Å². The minimum absolute atomic E-state index is 0.00203. The summed E-state index contributed by atoms with van der Waals surface area (Å²) >= 11 is 0. The number of piperidine rings is 1. The Morgan fingerprint density at radius 2 is 2.00 bits per heavy atom. The highest BCUT2D eigenvalue weighted by molar-refractivity contribution is 7.89. The van der Waals surface area contributed by atoms with Crippen LogP contribution in [0, 0.1) is 0 Å². The molecule has 1 saturated heterocycles. The van der Waals surface area contributed by atoms with E-state index in [4.69, 9.17) is 4.52 Å². The maximum atomic E-state index is 12.9. The van der Waals surface area contributed by atoms with Crippen LogP contribution in [0.2, 0.25) is 0 Å². The van der Waals surface area contributed by atoms with Crippen molar-refractivity contribution in [3.05, 3.63) is 41.5 Å². The molecule has 1 unspecified atom stereocenters. The molecule has 2 heterocycles. The molecule has 0 spiro atoms. The molecule has 1 amide bonds. The molecule has 2 aromatic rings. The van der Waals surface area contributed by atoms with Crippen molar-refractivity contribution in [1.82, 2.24) is 19.8 Å². The van der Waals surface area contributed by atoms with Gasteiger partial charge < -0.3 is 9.84 Å². The number of hydrogen-bond acceptors (Lipinski definition) is 6. The van der Waals surface area contributed by atoms with Gasteiger partial charge in [0, 0.05) is 37.0 Å². The zero-order chi connectivity index (χ0) is 21.7. The van der Waals surface area contributed by atoms with E-state index in [1.807, 2.05) is 20.8 Å². The van der Waals surface area contributed by atoms with E-state index in [1.165, 1.54) is 12.1 Å². The predicted molar refractivity (Wildman–Crippen MR) is 113 cm³/mol. The van der Waals surface area contributed by atoms with Gasteiger partial charge in [-0.2, -0.15) is 9.29 Å². The van der Waals surface area contributed by atoms with Gasteiger partial charge in [-0.25, -0.2) is 8.42 Å². The van der Waals surface area contributed by atoms with Crippen molar-refractivity contribution in [2.24, 2.45) is 0 Å². The SMILES string of the molecule is CC(C)c1noc(CCCNC(=O)c2ccc(S(=O)(=O)N3CCCCC3C)cc2)n1. The van der Waals surface area contributed by atoms with Gasteiger partial charge in [0.1, 0.15) is 0 Å². The average Bonchev–Trinajstić information content (AvgIpc) is 3.21. The second-order valence-corrected chi connectivity index (χ2v) is 9.94. The van der Waals surface area contributed by atoms with E-state index in [0.717, 1.165) is 19.3 Å². The summed E-state index contributed by atoms with van der Waals surface area (Å²) < 4.78 is 32.5. The second kappa shape index (κ2) is 9.70. The fourth-order valence-electron chi connectivity index (χ4n) is 3.49. The predicted octanol–water partition coefficient (Wildman–Crippen LogP) is 3.12. The largest absolute Gasteiger partial charge is 0.352 e. The molecule has 1 N–H and O–H groups in total. The summed E-state index contributed by atoms with van der Waals surface area (Å²) in [6.45, 7) is 6.95. The summed E-state index contributed by atoms with van der Waals surface area (Å²) in [5, 5.41) is 6.76. The number of hydrogen-bond donors (Lipinski definition) is 1. The number of carbonyl (C=O) groups is 1. The first-order valence-corrected chi connectivity index (χ1v) is 12.0. The Balaban J connectivity index is 1.52. The van der Waals surface area contributed by atoms with Crippen LogP contribution < -0.4 is 5.32 Å². The van der Waals surface area contributed by atoms with Gasteiger partial charge in [0.2, 0.25) is 15.9 Å². The molecule has 0 saturated carbocycles. The minimum Gasteiger partial charge on any atom is -0.352 e. The van der Waals surface area contributed by atoms with Crippen molar-refractivity contribution in [2.45, 2.75) is 69.7 Å². The van der Waals surface area contributed by atoms with Crippen LogP contribution >= 0.6 is 0 Å². The third kappa shape index (κ3) is 5.26. The number of amides is 1. The molecule has 1 fully saturated rings. The molecule has 0 radical (unpaired) electrons. The summed E-state index contributed by atoms with van der Waals surface area (Å²) in [7, 11) is -3.53. The normalized spacial score (nSPS) is 17.9. The summed E-state index contributed by atoms with van der Waals surface area (Å²) in [6.07, 6.45) is 4.07. The first-order chi connectivity index (χ1) is 14.3. The van der Waals surface area contributed by atoms with Crippen LogP contribution in [0.25, 0.3) is 0 Å². The van der Waals surface area contributed by atoms with Crippen LogP contribution in [-0.2, 0) is 16.4 Å². The Bertz CT molecular complexity index is 954. The third-order valence-electron chi connectivity index (χ3n) is 5.32. The Hall–Kier alpha value is -2.26. The standard InChI is InChI=1S/C21H30N4O4S/c1-15(2)20-23-19(29-24-20)8-6-13-22-21(26)17-9-11-18(12-10-17)30(27,28)25-14-5-4-7-16(25)3/h9-12,15-16H,4-8,13-14H2,1-3H3,(H,22,26). The molecule has 9 heteroatoms. The van der Waals surface area contributed by atoms with E-state index < -0.39 is 10.0 Å². The molecule has 0 bridgehead atoms. The Labute approximate surface area is 178 Å². The number of carbonyl (C=O) groups excluding carboxylic acids is 1. The van der Waals surface area contributed by atoms with Gasteiger partial charge >= 0.3 is 0 Å². The summed E-state index contributed by atoms with van der Waals surface area (Å²) in [5.41, 5.74) is 0.431. The lowest BCUT2D eigenvalue weighted by Crippen LogP contribution is -2.41. The Morgan fingerprint density at radius 1 is 1.27 bits per heavy atom. The smallest absolute Gasteiger partial charge is 0.251 e. The molecule has 1 aromatic heterocycles. The van der Waals surface area contributed by atoms with Crippen LogP contribution in [0.5, 0.6) is 0 Å². The van der Waals surface area contributed by atoms with Gasteiger partial charge in [-0.15, -0.1) is 0 Å².